The molecule has 6 nitrogen and oxygen atoms in total. The molecule has 154 valence electrons. The van der Waals surface area contributed by atoms with E-state index in [1.165, 1.54) is 23.9 Å². The molecule has 0 radical (unpaired) electrons. The Morgan fingerprint density at radius 3 is 2.59 bits per heavy atom. The first-order valence-electron chi connectivity index (χ1n) is 9.30. The zero-order valence-corrected chi connectivity index (χ0v) is 18.2. The van der Waals surface area contributed by atoms with Gasteiger partial charge < -0.3 is 10.2 Å². The van der Waals surface area contributed by atoms with Gasteiger partial charge in [-0.3, -0.25) is 9.59 Å². The molecule has 3 rings (SSSR count). The van der Waals surface area contributed by atoms with Gasteiger partial charge in [0.1, 0.15) is 0 Å². The minimum absolute atomic E-state index is 0.108. The number of hydrogen-bond donors (Lipinski definition) is 1. The lowest BCUT2D eigenvalue weighted by Gasteiger charge is -2.23. The summed E-state index contributed by atoms with van der Waals surface area (Å²) in [7, 11) is -2.01. The maximum atomic E-state index is 12.9. The van der Waals surface area contributed by atoms with Gasteiger partial charge in [-0.05, 0) is 30.7 Å². The van der Waals surface area contributed by atoms with Crippen molar-refractivity contribution in [3.8, 4) is 0 Å². The molecule has 1 N–H and O–H groups in total. The first-order valence-corrected chi connectivity index (χ1v) is 11.8. The normalized spacial score (nSPS) is 17.2. The molecule has 0 saturated heterocycles. The standard InChI is InChI=1S/C21H24N2O4S2/c1-14(21(25)23(3)12-16-7-5-4-6-8-16)13-29(26,27)17-9-10-19-18(11-17)22-20(24)15(2)28-19/h4-11,14-15H,12-13H2,1-3H3,(H,22,24)/t14-,15-/m1/s1. The molecule has 2 atom stereocenters. The smallest absolute Gasteiger partial charge is 0.237 e. The molecule has 0 fully saturated rings. The number of benzene rings is 2. The van der Waals surface area contributed by atoms with Crippen LogP contribution in [0.2, 0.25) is 0 Å². The van der Waals surface area contributed by atoms with E-state index in [1.54, 1.807) is 31.9 Å². The van der Waals surface area contributed by atoms with Gasteiger partial charge in [0.15, 0.2) is 9.84 Å². The van der Waals surface area contributed by atoms with Crippen LogP contribution in [0.1, 0.15) is 19.4 Å². The average molecular weight is 433 g/mol. The predicted molar refractivity (Wildman–Crippen MR) is 115 cm³/mol. The first kappa shape index (κ1) is 21.4. The molecule has 1 heterocycles. The number of hydrogen-bond acceptors (Lipinski definition) is 5. The molecular weight excluding hydrogens is 408 g/mol. The van der Waals surface area contributed by atoms with Gasteiger partial charge in [-0.25, -0.2) is 8.42 Å². The summed E-state index contributed by atoms with van der Waals surface area (Å²) in [4.78, 5) is 27.0. The number of sulfone groups is 1. The van der Waals surface area contributed by atoms with Gasteiger partial charge in [-0.15, -0.1) is 11.8 Å². The summed E-state index contributed by atoms with van der Waals surface area (Å²) in [5, 5.41) is 2.52. The zero-order chi connectivity index (χ0) is 21.2. The average Bonchev–Trinajstić information content (AvgIpc) is 2.68. The lowest BCUT2D eigenvalue weighted by atomic mass is 10.1. The highest BCUT2D eigenvalue weighted by molar-refractivity contribution is 8.01. The van der Waals surface area contributed by atoms with Gasteiger partial charge >= 0.3 is 0 Å². The molecule has 0 bridgehead atoms. The van der Waals surface area contributed by atoms with Gasteiger partial charge in [0.2, 0.25) is 11.8 Å². The summed E-state index contributed by atoms with van der Waals surface area (Å²) in [5.41, 5.74) is 1.48. The predicted octanol–water partition coefficient (Wildman–Crippen LogP) is 3.19. The summed E-state index contributed by atoms with van der Waals surface area (Å²) in [6.45, 7) is 3.84. The van der Waals surface area contributed by atoms with Crippen molar-refractivity contribution in [3.05, 3.63) is 54.1 Å². The number of nitrogens with zero attached hydrogens (tertiary/aromatic N) is 1. The molecule has 1 aliphatic rings. The fraction of sp³-hybridized carbons (Fsp3) is 0.333. The molecule has 29 heavy (non-hydrogen) atoms. The van der Waals surface area contributed by atoms with Crippen LogP contribution in [0.3, 0.4) is 0 Å². The highest BCUT2D eigenvalue weighted by Crippen LogP contribution is 2.37. The van der Waals surface area contributed by atoms with Crippen molar-refractivity contribution in [1.29, 1.82) is 0 Å². The van der Waals surface area contributed by atoms with Gasteiger partial charge in [0.25, 0.3) is 0 Å². The van der Waals surface area contributed by atoms with E-state index in [9.17, 15) is 18.0 Å². The third kappa shape index (κ3) is 5.00. The maximum absolute atomic E-state index is 12.9. The maximum Gasteiger partial charge on any atom is 0.237 e. The molecule has 2 aromatic rings. The second kappa shape index (κ2) is 8.59. The molecule has 2 amide bonds. The van der Waals surface area contributed by atoms with Crippen LogP contribution in [-0.2, 0) is 26.0 Å². The summed E-state index contributed by atoms with van der Waals surface area (Å²) >= 11 is 1.40. The molecular formula is C21H24N2O4S2. The Bertz CT molecular complexity index is 1020. The fourth-order valence-electron chi connectivity index (χ4n) is 3.19. The van der Waals surface area contributed by atoms with Crippen molar-refractivity contribution in [2.75, 3.05) is 18.1 Å². The Labute approximate surface area is 175 Å². The molecule has 0 unspecified atom stereocenters. The Morgan fingerprint density at radius 1 is 1.21 bits per heavy atom. The zero-order valence-electron chi connectivity index (χ0n) is 16.6. The highest BCUT2D eigenvalue weighted by atomic mass is 32.2. The first-order chi connectivity index (χ1) is 13.7. The number of nitrogens with one attached hydrogen (secondary N) is 1. The van der Waals surface area contributed by atoms with Crippen LogP contribution in [0.15, 0.2) is 58.3 Å². The van der Waals surface area contributed by atoms with E-state index in [0.717, 1.165) is 10.5 Å². The lowest BCUT2D eigenvalue weighted by molar-refractivity contribution is -0.133. The number of rotatable bonds is 6. The second-order valence-corrected chi connectivity index (χ2v) is 10.7. The quantitative estimate of drug-likeness (QED) is 0.758. The third-order valence-electron chi connectivity index (χ3n) is 4.77. The summed E-state index contributed by atoms with van der Waals surface area (Å²) < 4.78 is 25.7. The van der Waals surface area contributed by atoms with Gasteiger partial charge in [-0.1, -0.05) is 37.3 Å². The van der Waals surface area contributed by atoms with Crippen LogP contribution in [0.4, 0.5) is 5.69 Å². The van der Waals surface area contributed by atoms with Crippen molar-refractivity contribution in [1.82, 2.24) is 4.90 Å². The van der Waals surface area contributed by atoms with E-state index >= 15 is 0 Å². The van der Waals surface area contributed by atoms with E-state index < -0.39 is 15.8 Å². The van der Waals surface area contributed by atoms with E-state index in [1.807, 2.05) is 30.3 Å². The number of anilines is 1. The van der Waals surface area contributed by atoms with E-state index in [-0.39, 0.29) is 27.7 Å². The van der Waals surface area contributed by atoms with Gasteiger partial charge in [0.05, 0.1) is 21.6 Å². The minimum Gasteiger partial charge on any atom is -0.341 e. The largest absolute Gasteiger partial charge is 0.341 e. The van der Waals surface area contributed by atoms with Crippen molar-refractivity contribution in [2.24, 2.45) is 5.92 Å². The van der Waals surface area contributed by atoms with E-state index in [0.29, 0.717) is 12.2 Å². The van der Waals surface area contributed by atoms with Crippen LogP contribution < -0.4 is 5.32 Å². The Morgan fingerprint density at radius 2 is 1.90 bits per heavy atom. The topological polar surface area (TPSA) is 83.5 Å². The summed E-state index contributed by atoms with van der Waals surface area (Å²) in [6.07, 6.45) is 0. The molecule has 1 aliphatic heterocycles. The Balaban J connectivity index is 1.71. The number of carbonyl (C=O) groups is 2. The molecule has 0 aliphatic carbocycles. The fourth-order valence-corrected chi connectivity index (χ4v) is 5.69. The van der Waals surface area contributed by atoms with Crippen LogP contribution in [0.5, 0.6) is 0 Å². The monoisotopic (exact) mass is 432 g/mol. The van der Waals surface area contributed by atoms with Crippen LogP contribution >= 0.6 is 11.8 Å². The van der Waals surface area contributed by atoms with Crippen molar-refractivity contribution < 1.29 is 18.0 Å². The van der Waals surface area contributed by atoms with Crippen LogP contribution in [-0.4, -0.2) is 43.2 Å². The van der Waals surface area contributed by atoms with Gasteiger partial charge in [0, 0.05) is 24.4 Å². The highest BCUT2D eigenvalue weighted by Gasteiger charge is 2.28. The number of amides is 2. The Hall–Kier alpha value is -2.32. The molecule has 8 heteroatoms. The number of fused-ring (bicyclic) bond motifs is 1. The second-order valence-electron chi connectivity index (χ2n) is 7.27. The van der Waals surface area contributed by atoms with Crippen molar-refractivity contribution in [2.45, 2.75) is 35.4 Å². The minimum atomic E-state index is -3.68. The van der Waals surface area contributed by atoms with Gasteiger partial charge in [-0.2, -0.15) is 0 Å². The Kier molecular flexibility index (Phi) is 6.33. The molecule has 0 saturated carbocycles. The van der Waals surface area contributed by atoms with Crippen LogP contribution in [0, 0.1) is 5.92 Å². The van der Waals surface area contributed by atoms with Crippen LogP contribution in [0.25, 0.3) is 0 Å². The summed E-state index contributed by atoms with van der Waals surface area (Å²) in [6, 6.07) is 14.3. The summed E-state index contributed by atoms with van der Waals surface area (Å²) in [5.74, 6) is -1.36. The molecule has 0 aromatic heterocycles. The van der Waals surface area contributed by atoms with Crippen molar-refractivity contribution in [3.63, 3.8) is 0 Å². The molecule has 0 spiro atoms. The lowest BCUT2D eigenvalue weighted by Crippen LogP contribution is -2.34. The number of carbonyl (C=O) groups excluding carboxylic acids is 2. The molecule has 2 aromatic carbocycles. The third-order valence-corrected chi connectivity index (χ3v) is 7.86. The SMILES string of the molecule is C[C@H](CS(=O)(=O)c1ccc2c(c1)NC(=O)[C@@H](C)S2)C(=O)N(C)Cc1ccccc1. The number of thioether (sulfide) groups is 1. The van der Waals surface area contributed by atoms with Crippen molar-refractivity contribution >= 4 is 39.1 Å². The van der Waals surface area contributed by atoms with E-state index in [4.69, 9.17) is 0 Å². The van der Waals surface area contributed by atoms with E-state index in [2.05, 4.69) is 5.32 Å².